The Morgan fingerprint density at radius 1 is 1.25 bits per heavy atom. The summed E-state index contributed by atoms with van der Waals surface area (Å²) in [5, 5.41) is 4.19. The van der Waals surface area contributed by atoms with Gasteiger partial charge in [-0.2, -0.15) is 4.68 Å². The molecule has 0 radical (unpaired) electrons. The minimum absolute atomic E-state index is 0.182. The zero-order chi connectivity index (χ0) is 11.7. The van der Waals surface area contributed by atoms with Crippen LogP contribution in [0.1, 0.15) is 5.56 Å². The third-order valence-electron chi connectivity index (χ3n) is 2.46. The highest BCUT2D eigenvalue weighted by molar-refractivity contribution is 5.55. The Morgan fingerprint density at radius 3 is 2.44 bits per heavy atom. The highest BCUT2D eigenvalue weighted by Crippen LogP contribution is 2.15. The van der Waals surface area contributed by atoms with Crippen molar-refractivity contribution in [2.75, 3.05) is 12.5 Å². The molecule has 84 valence electrons. The van der Waals surface area contributed by atoms with Gasteiger partial charge >= 0.3 is 5.69 Å². The van der Waals surface area contributed by atoms with Gasteiger partial charge < -0.3 is 5.43 Å². The van der Waals surface area contributed by atoms with E-state index in [0.29, 0.717) is 5.82 Å². The van der Waals surface area contributed by atoms with Crippen molar-refractivity contribution in [3.8, 4) is 11.4 Å². The molecule has 0 spiro atoms. The van der Waals surface area contributed by atoms with Gasteiger partial charge in [-0.15, -0.1) is 5.10 Å². The van der Waals surface area contributed by atoms with Gasteiger partial charge in [-0.25, -0.2) is 9.48 Å². The Labute approximate surface area is 93.3 Å². The van der Waals surface area contributed by atoms with Gasteiger partial charge in [-0.05, 0) is 6.92 Å². The zero-order valence-corrected chi connectivity index (χ0v) is 9.56. The van der Waals surface area contributed by atoms with Crippen LogP contribution in [0, 0.1) is 6.92 Å². The van der Waals surface area contributed by atoms with Crippen LogP contribution in [0.25, 0.3) is 11.4 Å². The summed E-state index contributed by atoms with van der Waals surface area (Å²) in [5.41, 5.74) is 4.73. The number of nitrogens with one attached hydrogen (secondary N) is 1. The maximum Gasteiger partial charge on any atom is 0.364 e. The van der Waals surface area contributed by atoms with E-state index < -0.39 is 0 Å². The van der Waals surface area contributed by atoms with Crippen molar-refractivity contribution in [3.63, 3.8) is 0 Å². The van der Waals surface area contributed by atoms with E-state index in [4.69, 9.17) is 0 Å². The fraction of sp³-hybridized carbons (Fsp3) is 0.273. The topological polar surface area (TPSA) is 51.9 Å². The molecule has 0 atom stereocenters. The summed E-state index contributed by atoms with van der Waals surface area (Å²) >= 11 is 0. The number of hydrogen-bond acceptors (Lipinski definition) is 3. The Morgan fingerprint density at radius 2 is 1.88 bits per heavy atom. The van der Waals surface area contributed by atoms with E-state index in [1.807, 2.05) is 31.2 Å². The molecule has 0 aliphatic rings. The first-order valence-corrected chi connectivity index (χ1v) is 5.04. The lowest BCUT2D eigenvalue weighted by molar-refractivity contribution is 0.717. The van der Waals surface area contributed by atoms with Gasteiger partial charge in [0.25, 0.3) is 0 Å². The lowest BCUT2D eigenvalue weighted by Crippen LogP contribution is -2.28. The lowest BCUT2D eigenvalue weighted by Gasteiger charge is -2.03. The minimum atomic E-state index is -0.182. The van der Waals surface area contributed by atoms with Gasteiger partial charge in [0.1, 0.15) is 0 Å². The molecule has 0 saturated carbocycles. The van der Waals surface area contributed by atoms with Crippen molar-refractivity contribution in [3.05, 3.63) is 40.3 Å². The first-order valence-electron chi connectivity index (χ1n) is 5.04. The quantitative estimate of drug-likeness (QED) is 0.808. The van der Waals surface area contributed by atoms with Crippen LogP contribution in [-0.4, -0.2) is 21.5 Å². The normalized spacial score (nSPS) is 10.4. The van der Waals surface area contributed by atoms with E-state index in [2.05, 4.69) is 10.5 Å². The van der Waals surface area contributed by atoms with Crippen LogP contribution in [-0.2, 0) is 7.05 Å². The van der Waals surface area contributed by atoms with E-state index >= 15 is 0 Å². The Bertz CT molecular complexity index is 550. The fourth-order valence-corrected chi connectivity index (χ4v) is 1.56. The molecular weight excluding hydrogens is 204 g/mol. The van der Waals surface area contributed by atoms with Crippen LogP contribution >= 0.6 is 0 Å². The summed E-state index contributed by atoms with van der Waals surface area (Å²) in [6.45, 7) is 2.02. The van der Waals surface area contributed by atoms with Crippen LogP contribution < -0.4 is 11.1 Å². The second-order valence-electron chi connectivity index (χ2n) is 3.65. The number of rotatable bonds is 2. The van der Waals surface area contributed by atoms with Crippen LogP contribution in [0.3, 0.4) is 0 Å². The van der Waals surface area contributed by atoms with Crippen LogP contribution in [0.2, 0.25) is 0 Å². The first kappa shape index (κ1) is 10.5. The molecule has 5 nitrogen and oxygen atoms in total. The van der Waals surface area contributed by atoms with Crippen LogP contribution in [0.4, 0.5) is 0 Å². The van der Waals surface area contributed by atoms with Crippen molar-refractivity contribution in [2.24, 2.45) is 7.05 Å². The molecular formula is C11H14N4O. The summed E-state index contributed by atoms with van der Waals surface area (Å²) in [5.74, 6) is 0.620. The average molecular weight is 218 g/mol. The van der Waals surface area contributed by atoms with Crippen molar-refractivity contribution in [1.29, 1.82) is 0 Å². The van der Waals surface area contributed by atoms with Gasteiger partial charge in [-0.3, -0.25) is 0 Å². The van der Waals surface area contributed by atoms with Crippen LogP contribution in [0.15, 0.2) is 29.1 Å². The Balaban J connectivity index is 2.60. The zero-order valence-electron chi connectivity index (χ0n) is 9.56. The number of aromatic nitrogens is 3. The Kier molecular flexibility index (Phi) is 2.52. The molecule has 0 aliphatic carbocycles. The molecule has 2 aromatic rings. The summed E-state index contributed by atoms with van der Waals surface area (Å²) in [6, 6.07) is 7.89. The van der Waals surface area contributed by atoms with E-state index in [1.54, 1.807) is 14.1 Å². The molecule has 1 heterocycles. The molecule has 0 fully saturated rings. The molecule has 5 heteroatoms. The molecule has 0 aliphatic heterocycles. The number of nitrogens with zero attached hydrogens (tertiary/aromatic N) is 3. The molecule has 2 rings (SSSR count). The second kappa shape index (κ2) is 3.84. The van der Waals surface area contributed by atoms with Gasteiger partial charge in [0.2, 0.25) is 0 Å². The predicted octanol–water partition coefficient (Wildman–Crippen LogP) is 0.731. The molecule has 0 bridgehead atoms. The standard InChI is InChI=1S/C11H14N4O/c1-8-4-6-9(7-5-8)10-13-14(3)11(16)15(10)12-2/h4-7,12H,1-3H3. The first-order chi connectivity index (χ1) is 7.63. The maximum absolute atomic E-state index is 11.7. The summed E-state index contributed by atoms with van der Waals surface area (Å²) in [6.07, 6.45) is 0. The molecule has 0 amide bonds. The molecule has 0 saturated heterocycles. The molecule has 1 N–H and O–H groups in total. The average Bonchev–Trinajstić information content (AvgIpc) is 2.56. The molecule has 1 aromatic heterocycles. The van der Waals surface area contributed by atoms with Gasteiger partial charge in [0.05, 0.1) is 0 Å². The maximum atomic E-state index is 11.7. The molecule has 0 unspecified atom stereocenters. The number of hydrogen-bond donors (Lipinski definition) is 1. The van der Waals surface area contributed by atoms with Gasteiger partial charge in [0.15, 0.2) is 5.82 Å². The third kappa shape index (κ3) is 1.60. The number of aryl methyl sites for hydroxylation is 2. The summed E-state index contributed by atoms with van der Waals surface area (Å²) in [7, 11) is 3.33. The molecule has 16 heavy (non-hydrogen) atoms. The van der Waals surface area contributed by atoms with Crippen molar-refractivity contribution in [2.45, 2.75) is 6.92 Å². The van der Waals surface area contributed by atoms with Crippen molar-refractivity contribution < 1.29 is 0 Å². The Hall–Kier alpha value is -2.04. The van der Waals surface area contributed by atoms with Gasteiger partial charge in [0, 0.05) is 19.7 Å². The van der Waals surface area contributed by atoms with E-state index in [-0.39, 0.29) is 5.69 Å². The smallest absolute Gasteiger partial charge is 0.323 e. The van der Waals surface area contributed by atoms with Gasteiger partial charge in [-0.1, -0.05) is 29.8 Å². The third-order valence-corrected chi connectivity index (χ3v) is 2.46. The number of benzene rings is 1. The highest BCUT2D eigenvalue weighted by atomic mass is 16.2. The van der Waals surface area contributed by atoms with E-state index in [9.17, 15) is 4.79 Å². The minimum Gasteiger partial charge on any atom is -0.323 e. The summed E-state index contributed by atoms with van der Waals surface area (Å²) in [4.78, 5) is 11.7. The summed E-state index contributed by atoms with van der Waals surface area (Å²) < 4.78 is 2.73. The van der Waals surface area contributed by atoms with Crippen LogP contribution in [0.5, 0.6) is 0 Å². The molecule has 1 aromatic carbocycles. The monoisotopic (exact) mass is 218 g/mol. The highest BCUT2D eigenvalue weighted by Gasteiger charge is 2.11. The second-order valence-corrected chi connectivity index (χ2v) is 3.65. The van der Waals surface area contributed by atoms with E-state index in [0.717, 1.165) is 5.56 Å². The predicted molar refractivity (Wildman–Crippen MR) is 62.9 cm³/mol. The van der Waals surface area contributed by atoms with Crippen molar-refractivity contribution >= 4 is 0 Å². The van der Waals surface area contributed by atoms with Crippen molar-refractivity contribution in [1.82, 2.24) is 14.5 Å². The SMILES string of the molecule is CNn1c(-c2ccc(C)cc2)nn(C)c1=O. The fourth-order valence-electron chi connectivity index (χ4n) is 1.56. The lowest BCUT2D eigenvalue weighted by atomic mass is 10.1. The largest absolute Gasteiger partial charge is 0.364 e. The van der Waals surface area contributed by atoms with E-state index in [1.165, 1.54) is 14.9 Å².